The summed E-state index contributed by atoms with van der Waals surface area (Å²) in [6, 6.07) is 0. The quantitative estimate of drug-likeness (QED) is 0.535. The fourth-order valence-corrected chi connectivity index (χ4v) is 2.00. The largest absolute Gasteiger partial charge is 0.392 e. The highest BCUT2D eigenvalue weighted by molar-refractivity contribution is 4.70. The molecule has 3 N–H and O–H groups in total. The molecule has 102 valence electrons. The first-order valence-corrected chi connectivity index (χ1v) is 6.59. The number of aliphatic hydroxyl groups excluding tert-OH is 2. The van der Waals surface area contributed by atoms with Gasteiger partial charge >= 0.3 is 0 Å². The van der Waals surface area contributed by atoms with E-state index in [1.54, 1.807) is 0 Å². The summed E-state index contributed by atoms with van der Waals surface area (Å²) < 4.78 is 5.25. The van der Waals surface area contributed by atoms with E-state index in [0.29, 0.717) is 19.6 Å². The predicted octanol–water partition coefficient (Wildman–Crippen LogP) is -0.570. The van der Waals surface area contributed by atoms with Crippen LogP contribution in [-0.4, -0.2) is 73.3 Å². The van der Waals surface area contributed by atoms with Crippen molar-refractivity contribution < 1.29 is 14.9 Å². The van der Waals surface area contributed by atoms with Crippen molar-refractivity contribution in [1.29, 1.82) is 0 Å². The van der Waals surface area contributed by atoms with E-state index >= 15 is 0 Å². The van der Waals surface area contributed by atoms with Gasteiger partial charge in [0, 0.05) is 32.7 Å². The first kappa shape index (κ1) is 14.9. The van der Waals surface area contributed by atoms with Crippen molar-refractivity contribution >= 4 is 0 Å². The normalized spacial score (nSPS) is 21.4. The Labute approximate surface area is 104 Å². The van der Waals surface area contributed by atoms with Crippen molar-refractivity contribution in [3.8, 4) is 0 Å². The van der Waals surface area contributed by atoms with Crippen LogP contribution >= 0.6 is 0 Å². The number of hydrogen-bond acceptors (Lipinski definition) is 5. The molecule has 0 radical (unpaired) electrons. The highest BCUT2D eigenvalue weighted by Crippen LogP contribution is 1.98. The van der Waals surface area contributed by atoms with Crippen LogP contribution < -0.4 is 5.32 Å². The van der Waals surface area contributed by atoms with Crippen LogP contribution in [0.2, 0.25) is 0 Å². The minimum atomic E-state index is -0.373. The highest BCUT2D eigenvalue weighted by atomic mass is 16.5. The molecule has 1 rings (SSSR count). The van der Waals surface area contributed by atoms with Gasteiger partial charge in [-0.1, -0.05) is 13.3 Å². The Morgan fingerprint density at radius 3 is 2.47 bits per heavy atom. The van der Waals surface area contributed by atoms with Gasteiger partial charge in [-0.2, -0.15) is 0 Å². The molecule has 1 aliphatic heterocycles. The molecule has 17 heavy (non-hydrogen) atoms. The first-order valence-electron chi connectivity index (χ1n) is 6.59. The lowest BCUT2D eigenvalue weighted by atomic mass is 10.2. The molecule has 5 heteroatoms. The van der Waals surface area contributed by atoms with E-state index in [-0.39, 0.29) is 12.2 Å². The van der Waals surface area contributed by atoms with Crippen LogP contribution in [0, 0.1) is 0 Å². The van der Waals surface area contributed by atoms with Gasteiger partial charge in [0.25, 0.3) is 0 Å². The van der Waals surface area contributed by atoms with Crippen molar-refractivity contribution in [2.24, 2.45) is 0 Å². The van der Waals surface area contributed by atoms with E-state index < -0.39 is 0 Å². The molecular weight excluding hydrogens is 220 g/mol. The minimum Gasteiger partial charge on any atom is -0.392 e. The maximum atomic E-state index is 9.82. The predicted molar refractivity (Wildman–Crippen MR) is 67.1 cm³/mol. The summed E-state index contributed by atoms with van der Waals surface area (Å²) >= 11 is 0. The van der Waals surface area contributed by atoms with Crippen molar-refractivity contribution in [2.75, 3.05) is 45.9 Å². The Kier molecular flexibility index (Phi) is 7.72. The van der Waals surface area contributed by atoms with Crippen LogP contribution in [0.1, 0.15) is 19.8 Å². The molecule has 0 spiro atoms. The van der Waals surface area contributed by atoms with Crippen LogP contribution in [0.5, 0.6) is 0 Å². The molecule has 0 aromatic rings. The van der Waals surface area contributed by atoms with E-state index in [1.165, 1.54) is 0 Å². The number of morpholine rings is 1. The minimum absolute atomic E-state index is 0.296. The second-order valence-corrected chi connectivity index (χ2v) is 4.67. The van der Waals surface area contributed by atoms with E-state index in [4.69, 9.17) is 4.74 Å². The van der Waals surface area contributed by atoms with Gasteiger partial charge in [0.2, 0.25) is 0 Å². The van der Waals surface area contributed by atoms with Crippen molar-refractivity contribution in [3.63, 3.8) is 0 Å². The van der Waals surface area contributed by atoms with Crippen molar-refractivity contribution in [3.05, 3.63) is 0 Å². The molecule has 2 unspecified atom stereocenters. The molecule has 0 aromatic heterocycles. The van der Waals surface area contributed by atoms with Gasteiger partial charge < -0.3 is 20.3 Å². The number of rotatable bonds is 8. The summed E-state index contributed by atoms with van der Waals surface area (Å²) in [6.45, 7) is 7.15. The molecule has 5 nitrogen and oxygen atoms in total. The van der Waals surface area contributed by atoms with Gasteiger partial charge in [0.05, 0.1) is 25.4 Å². The fourth-order valence-electron chi connectivity index (χ4n) is 2.00. The highest BCUT2D eigenvalue weighted by Gasteiger charge is 2.14. The lowest BCUT2D eigenvalue weighted by Gasteiger charge is -2.28. The zero-order valence-corrected chi connectivity index (χ0v) is 10.8. The third-order valence-corrected chi connectivity index (χ3v) is 2.95. The van der Waals surface area contributed by atoms with Crippen LogP contribution in [0.15, 0.2) is 0 Å². The Bertz CT molecular complexity index is 187. The maximum Gasteiger partial charge on any atom is 0.0791 e. The van der Waals surface area contributed by atoms with Crippen molar-refractivity contribution in [2.45, 2.75) is 32.0 Å². The van der Waals surface area contributed by atoms with Crippen LogP contribution in [-0.2, 0) is 4.74 Å². The summed E-state index contributed by atoms with van der Waals surface area (Å²) in [5, 5.41) is 22.4. The standard InChI is InChI=1S/C12H26N2O3/c1-2-3-11(15)8-13-9-12(16)10-14-4-6-17-7-5-14/h11-13,15-16H,2-10H2,1H3. The van der Waals surface area contributed by atoms with E-state index in [2.05, 4.69) is 17.1 Å². The Balaban J connectivity index is 2.02. The molecule has 1 aliphatic rings. The van der Waals surface area contributed by atoms with Gasteiger partial charge in [-0.15, -0.1) is 0 Å². The topological polar surface area (TPSA) is 65.0 Å². The zero-order chi connectivity index (χ0) is 12.5. The monoisotopic (exact) mass is 246 g/mol. The SMILES string of the molecule is CCCC(O)CNCC(O)CN1CCOCC1. The summed E-state index contributed by atoms with van der Waals surface area (Å²) in [4.78, 5) is 2.21. The van der Waals surface area contributed by atoms with Crippen molar-refractivity contribution in [1.82, 2.24) is 10.2 Å². The number of nitrogens with one attached hydrogen (secondary N) is 1. The average molecular weight is 246 g/mol. The number of hydrogen-bond donors (Lipinski definition) is 3. The number of aliphatic hydroxyl groups is 2. The Hall–Kier alpha value is -0.200. The molecule has 1 saturated heterocycles. The average Bonchev–Trinajstić information content (AvgIpc) is 2.30. The van der Waals surface area contributed by atoms with Gasteiger partial charge in [0.15, 0.2) is 0 Å². The molecule has 0 bridgehead atoms. The summed E-state index contributed by atoms with van der Waals surface area (Å²) in [5.41, 5.74) is 0. The number of ether oxygens (including phenoxy) is 1. The number of β-amino-alcohol motifs (C(OH)–C–C–N with tert-alkyl or cyclic N) is 1. The number of nitrogens with zero attached hydrogens (tertiary/aromatic N) is 1. The third-order valence-electron chi connectivity index (χ3n) is 2.95. The summed E-state index contributed by atoms with van der Waals surface area (Å²) in [7, 11) is 0. The van der Waals surface area contributed by atoms with Gasteiger partial charge in [-0.3, -0.25) is 4.90 Å². The first-order chi connectivity index (χ1) is 8.22. The molecule has 1 fully saturated rings. The molecule has 0 saturated carbocycles. The second kappa shape index (κ2) is 8.83. The van der Waals surface area contributed by atoms with E-state index in [1.807, 2.05) is 0 Å². The smallest absolute Gasteiger partial charge is 0.0791 e. The van der Waals surface area contributed by atoms with Gasteiger partial charge in [-0.05, 0) is 6.42 Å². The molecule has 0 aromatic carbocycles. The van der Waals surface area contributed by atoms with E-state index in [9.17, 15) is 10.2 Å². The zero-order valence-electron chi connectivity index (χ0n) is 10.8. The molecule has 0 amide bonds. The van der Waals surface area contributed by atoms with Gasteiger partial charge in [0.1, 0.15) is 0 Å². The molecular formula is C12H26N2O3. The molecule has 1 heterocycles. The van der Waals surface area contributed by atoms with E-state index in [0.717, 1.165) is 39.1 Å². The second-order valence-electron chi connectivity index (χ2n) is 4.67. The van der Waals surface area contributed by atoms with Crippen LogP contribution in [0.4, 0.5) is 0 Å². The van der Waals surface area contributed by atoms with Gasteiger partial charge in [-0.25, -0.2) is 0 Å². The third kappa shape index (κ3) is 6.95. The summed E-state index contributed by atoms with van der Waals surface area (Å²) in [5.74, 6) is 0. The lowest BCUT2D eigenvalue weighted by molar-refractivity contribution is 0.0144. The maximum absolute atomic E-state index is 9.82. The van der Waals surface area contributed by atoms with Crippen LogP contribution in [0.25, 0.3) is 0 Å². The molecule has 2 atom stereocenters. The lowest BCUT2D eigenvalue weighted by Crippen LogP contribution is -2.44. The summed E-state index contributed by atoms with van der Waals surface area (Å²) in [6.07, 6.45) is 1.13. The fraction of sp³-hybridized carbons (Fsp3) is 1.00. The molecule has 0 aliphatic carbocycles. The van der Waals surface area contributed by atoms with Crippen LogP contribution in [0.3, 0.4) is 0 Å². The Morgan fingerprint density at radius 1 is 1.18 bits per heavy atom. The Morgan fingerprint density at radius 2 is 1.82 bits per heavy atom.